The number of phenolic OH excluding ortho intramolecular Hbond substituents is 1. The zero-order valence-corrected chi connectivity index (χ0v) is 23.2. The predicted octanol–water partition coefficient (Wildman–Crippen LogP) is 1.30. The van der Waals surface area contributed by atoms with Crippen LogP contribution in [0.1, 0.15) is 24.5 Å². The highest BCUT2D eigenvalue weighted by atomic mass is 32.2. The molecule has 0 spiro atoms. The van der Waals surface area contributed by atoms with Gasteiger partial charge in [0.15, 0.2) is 0 Å². The molecule has 0 saturated heterocycles. The molecular formula is C28H35N5O6S. The monoisotopic (exact) mass is 569 g/mol. The van der Waals surface area contributed by atoms with Gasteiger partial charge in [-0.2, -0.15) is 11.8 Å². The number of benzene rings is 2. The summed E-state index contributed by atoms with van der Waals surface area (Å²) in [5.41, 5.74) is 8.34. The number of para-hydroxylation sites is 1. The molecule has 12 heteroatoms. The number of amides is 3. The van der Waals surface area contributed by atoms with Gasteiger partial charge in [0.1, 0.15) is 23.9 Å². The molecule has 3 rings (SSSR count). The third-order valence-electron chi connectivity index (χ3n) is 6.44. The molecule has 4 atom stereocenters. The van der Waals surface area contributed by atoms with Gasteiger partial charge in [0.2, 0.25) is 17.7 Å². The highest BCUT2D eigenvalue weighted by molar-refractivity contribution is 7.98. The van der Waals surface area contributed by atoms with E-state index in [4.69, 9.17) is 5.73 Å². The van der Waals surface area contributed by atoms with Crippen LogP contribution in [0.15, 0.2) is 54.7 Å². The molecule has 0 aliphatic rings. The number of H-pyrrole nitrogens is 1. The Bertz CT molecular complexity index is 1330. The highest BCUT2D eigenvalue weighted by Crippen LogP contribution is 2.19. The van der Waals surface area contributed by atoms with E-state index in [0.717, 1.165) is 22.0 Å². The number of aromatic amines is 1. The maximum atomic E-state index is 13.1. The van der Waals surface area contributed by atoms with Crippen molar-refractivity contribution in [3.05, 3.63) is 65.9 Å². The Kier molecular flexibility index (Phi) is 11.0. The fourth-order valence-corrected chi connectivity index (χ4v) is 4.63. The topological polar surface area (TPSA) is 187 Å². The second-order valence-corrected chi connectivity index (χ2v) is 10.5. The molecular weight excluding hydrogens is 534 g/mol. The molecule has 3 aromatic rings. The summed E-state index contributed by atoms with van der Waals surface area (Å²) in [5.74, 6) is -2.34. The molecule has 2 aromatic carbocycles. The van der Waals surface area contributed by atoms with Crippen LogP contribution in [0.25, 0.3) is 10.9 Å². The number of hydrogen-bond acceptors (Lipinski definition) is 7. The van der Waals surface area contributed by atoms with Crippen LogP contribution in [0.5, 0.6) is 5.75 Å². The number of carbonyl (C=O) groups is 4. The lowest BCUT2D eigenvalue weighted by Gasteiger charge is -2.23. The molecule has 40 heavy (non-hydrogen) atoms. The minimum atomic E-state index is -1.21. The number of thioether (sulfide) groups is 1. The van der Waals surface area contributed by atoms with Crippen molar-refractivity contribution in [1.29, 1.82) is 0 Å². The first-order valence-electron chi connectivity index (χ1n) is 12.8. The summed E-state index contributed by atoms with van der Waals surface area (Å²) in [5, 5.41) is 27.8. The van der Waals surface area contributed by atoms with Crippen LogP contribution >= 0.6 is 11.8 Å². The number of carbonyl (C=O) groups excluding carboxylic acids is 3. The number of carboxylic acid groups (broad SMARTS) is 1. The molecule has 0 saturated carbocycles. The van der Waals surface area contributed by atoms with Gasteiger partial charge in [-0.05, 0) is 61.1 Å². The predicted molar refractivity (Wildman–Crippen MR) is 154 cm³/mol. The van der Waals surface area contributed by atoms with Gasteiger partial charge in [0.05, 0.1) is 6.04 Å². The van der Waals surface area contributed by atoms with E-state index < -0.39 is 47.9 Å². The van der Waals surface area contributed by atoms with Gasteiger partial charge in [-0.25, -0.2) is 4.79 Å². The average molecular weight is 570 g/mol. The summed E-state index contributed by atoms with van der Waals surface area (Å²) < 4.78 is 0. The average Bonchev–Trinajstić information content (AvgIpc) is 3.34. The first-order valence-corrected chi connectivity index (χ1v) is 14.2. The van der Waals surface area contributed by atoms with Gasteiger partial charge < -0.3 is 36.9 Å². The van der Waals surface area contributed by atoms with E-state index >= 15 is 0 Å². The third-order valence-corrected chi connectivity index (χ3v) is 7.08. The van der Waals surface area contributed by atoms with Crippen LogP contribution < -0.4 is 21.7 Å². The van der Waals surface area contributed by atoms with Crippen LogP contribution in [0, 0.1) is 0 Å². The minimum absolute atomic E-state index is 0.0552. The van der Waals surface area contributed by atoms with E-state index in [1.807, 2.05) is 30.5 Å². The minimum Gasteiger partial charge on any atom is -0.508 e. The SMILES string of the molecule is CSCCC(NC(=O)C(C)NC(=O)C(N)Cc1ccc(O)cc1)C(=O)NC(Cc1c[nH]c2ccccc12)C(=O)O. The number of phenols is 1. The number of aliphatic carboxylic acids is 1. The summed E-state index contributed by atoms with van der Waals surface area (Å²) in [7, 11) is 0. The van der Waals surface area contributed by atoms with Gasteiger partial charge >= 0.3 is 5.97 Å². The zero-order valence-electron chi connectivity index (χ0n) is 22.3. The van der Waals surface area contributed by atoms with Crippen molar-refractivity contribution >= 4 is 46.4 Å². The summed E-state index contributed by atoms with van der Waals surface area (Å²) in [6.07, 6.45) is 4.09. The fourth-order valence-electron chi connectivity index (χ4n) is 4.16. The highest BCUT2D eigenvalue weighted by Gasteiger charge is 2.29. The quantitative estimate of drug-likeness (QED) is 0.151. The van der Waals surface area contributed by atoms with Crippen molar-refractivity contribution in [3.63, 3.8) is 0 Å². The van der Waals surface area contributed by atoms with Crippen molar-refractivity contribution in [1.82, 2.24) is 20.9 Å². The molecule has 214 valence electrons. The molecule has 0 fully saturated rings. The molecule has 0 aliphatic heterocycles. The maximum absolute atomic E-state index is 13.1. The van der Waals surface area contributed by atoms with Crippen molar-refractivity contribution in [2.45, 2.75) is 50.4 Å². The van der Waals surface area contributed by atoms with E-state index in [2.05, 4.69) is 20.9 Å². The van der Waals surface area contributed by atoms with Crippen molar-refractivity contribution in [2.75, 3.05) is 12.0 Å². The lowest BCUT2D eigenvalue weighted by atomic mass is 10.0. The van der Waals surface area contributed by atoms with Gasteiger partial charge in [-0.1, -0.05) is 30.3 Å². The number of aromatic nitrogens is 1. The standard InChI is InChI=1S/C28H35N5O6S/c1-16(31-26(36)21(29)13-17-7-9-19(34)10-8-17)25(35)32-23(11-12-40-2)27(37)33-24(28(38)39)14-18-15-30-22-6-4-3-5-20(18)22/h3-10,15-16,21,23-24,30,34H,11-14,29H2,1-2H3,(H,31,36)(H,32,35)(H,33,37)(H,38,39). The van der Waals surface area contributed by atoms with Gasteiger partial charge in [0.25, 0.3) is 0 Å². The molecule has 0 bridgehead atoms. The largest absolute Gasteiger partial charge is 0.508 e. The second-order valence-electron chi connectivity index (χ2n) is 9.51. The Hall–Kier alpha value is -4.03. The summed E-state index contributed by atoms with van der Waals surface area (Å²) in [6, 6.07) is 9.60. The maximum Gasteiger partial charge on any atom is 0.326 e. The smallest absolute Gasteiger partial charge is 0.326 e. The Labute approximate surface area is 236 Å². The van der Waals surface area contributed by atoms with E-state index in [-0.39, 0.29) is 25.0 Å². The number of nitrogens with one attached hydrogen (secondary N) is 4. The summed E-state index contributed by atoms with van der Waals surface area (Å²) >= 11 is 1.48. The van der Waals surface area contributed by atoms with E-state index in [0.29, 0.717) is 5.75 Å². The molecule has 1 aromatic heterocycles. The van der Waals surface area contributed by atoms with Crippen molar-refractivity contribution in [3.8, 4) is 5.75 Å². The van der Waals surface area contributed by atoms with Crippen LogP contribution in [0.3, 0.4) is 0 Å². The number of carboxylic acids is 1. The lowest BCUT2D eigenvalue weighted by molar-refractivity contribution is -0.142. The van der Waals surface area contributed by atoms with Crippen molar-refractivity contribution in [2.24, 2.45) is 5.73 Å². The van der Waals surface area contributed by atoms with Crippen LogP contribution in [0.2, 0.25) is 0 Å². The first-order chi connectivity index (χ1) is 19.1. The first kappa shape index (κ1) is 30.5. The molecule has 4 unspecified atom stereocenters. The van der Waals surface area contributed by atoms with Crippen LogP contribution in [-0.2, 0) is 32.0 Å². The van der Waals surface area contributed by atoms with Gasteiger partial charge in [-0.3, -0.25) is 14.4 Å². The lowest BCUT2D eigenvalue weighted by Crippen LogP contribution is -2.56. The Morgan fingerprint density at radius 1 is 0.925 bits per heavy atom. The van der Waals surface area contributed by atoms with Gasteiger partial charge in [0, 0.05) is 23.5 Å². The molecule has 0 radical (unpaired) electrons. The zero-order chi connectivity index (χ0) is 29.2. The Balaban J connectivity index is 1.61. The molecule has 8 N–H and O–H groups in total. The number of rotatable bonds is 14. The number of hydrogen-bond donors (Lipinski definition) is 7. The van der Waals surface area contributed by atoms with Gasteiger partial charge in [-0.15, -0.1) is 0 Å². The fraction of sp³-hybridized carbons (Fsp3) is 0.357. The Morgan fingerprint density at radius 2 is 1.60 bits per heavy atom. The van der Waals surface area contributed by atoms with E-state index in [9.17, 15) is 29.4 Å². The molecule has 11 nitrogen and oxygen atoms in total. The number of nitrogens with two attached hydrogens (primary N) is 1. The van der Waals surface area contributed by atoms with E-state index in [1.165, 1.54) is 30.8 Å². The summed E-state index contributed by atoms with van der Waals surface area (Å²) in [4.78, 5) is 53.7. The molecule has 0 aliphatic carbocycles. The third kappa shape index (κ3) is 8.48. The summed E-state index contributed by atoms with van der Waals surface area (Å²) in [6.45, 7) is 1.47. The molecule has 3 amide bonds. The number of fused-ring (bicyclic) bond motifs is 1. The second kappa shape index (κ2) is 14.4. The van der Waals surface area contributed by atoms with Crippen molar-refractivity contribution < 1.29 is 29.4 Å². The molecule has 1 heterocycles. The van der Waals surface area contributed by atoms with Crippen LogP contribution in [-0.4, -0.2) is 75.1 Å². The number of aromatic hydroxyl groups is 1. The Morgan fingerprint density at radius 3 is 2.27 bits per heavy atom. The van der Waals surface area contributed by atoms with Crippen LogP contribution in [0.4, 0.5) is 0 Å². The normalized spacial score (nSPS) is 14.1. The van der Waals surface area contributed by atoms with E-state index in [1.54, 1.807) is 18.3 Å².